The minimum atomic E-state index is -3.33. The van der Waals surface area contributed by atoms with Crippen molar-refractivity contribution in [3.05, 3.63) is 55.0 Å². The summed E-state index contributed by atoms with van der Waals surface area (Å²) in [6.07, 6.45) is 7.16. The molecule has 11 heteroatoms. The first kappa shape index (κ1) is 20.5. The highest BCUT2D eigenvalue weighted by atomic mass is 32.2. The van der Waals surface area contributed by atoms with E-state index in [4.69, 9.17) is 4.74 Å². The van der Waals surface area contributed by atoms with Gasteiger partial charge in [0.05, 0.1) is 35.5 Å². The van der Waals surface area contributed by atoms with E-state index in [2.05, 4.69) is 20.5 Å². The summed E-state index contributed by atoms with van der Waals surface area (Å²) >= 11 is 0. The Kier molecular flexibility index (Phi) is 5.27. The fraction of sp³-hybridized carbons (Fsp3) is 0.286. The van der Waals surface area contributed by atoms with Crippen LogP contribution in [0.1, 0.15) is 6.42 Å². The molecular weight excluding hydrogens is 430 g/mol. The largest absolute Gasteiger partial charge is 0.492 e. The molecule has 1 N–H and O–H groups in total. The maximum atomic E-state index is 12.2. The summed E-state index contributed by atoms with van der Waals surface area (Å²) in [4.78, 5) is 4.39. The zero-order chi connectivity index (χ0) is 22.1. The second kappa shape index (κ2) is 8.24. The highest BCUT2D eigenvalue weighted by Crippen LogP contribution is 2.25. The van der Waals surface area contributed by atoms with Gasteiger partial charge in [-0.15, -0.1) is 5.10 Å². The lowest BCUT2D eigenvalue weighted by atomic mass is 10.1. The van der Waals surface area contributed by atoms with Crippen molar-refractivity contribution >= 4 is 27.2 Å². The van der Waals surface area contributed by atoms with Crippen LogP contribution in [0.15, 0.2) is 55.0 Å². The smallest absolute Gasteiger partial charge is 0.245 e. The SMILES string of the molecule is CS(=O)(=O)N1CCCn2cc(cn2)Nc2ncc3ccc(n3n2)-c2ccc(cc2)OCC1. The molecule has 5 heterocycles. The average Bonchev–Trinajstić information content (AvgIpc) is 3.38. The van der Waals surface area contributed by atoms with Crippen LogP contribution in [0.5, 0.6) is 5.75 Å². The number of hydrogen-bond acceptors (Lipinski definition) is 7. The first-order valence-corrected chi connectivity index (χ1v) is 12.1. The lowest BCUT2D eigenvalue weighted by Gasteiger charge is -2.20. The fourth-order valence-corrected chi connectivity index (χ4v) is 4.56. The topological polar surface area (TPSA) is 107 Å². The van der Waals surface area contributed by atoms with E-state index in [0.29, 0.717) is 31.2 Å². The average molecular weight is 454 g/mol. The van der Waals surface area contributed by atoms with Crippen LogP contribution in [0, 0.1) is 0 Å². The van der Waals surface area contributed by atoms with Gasteiger partial charge in [0, 0.05) is 31.4 Å². The van der Waals surface area contributed by atoms with E-state index < -0.39 is 10.0 Å². The molecule has 0 atom stereocenters. The summed E-state index contributed by atoms with van der Waals surface area (Å²) in [5.74, 6) is 1.14. The molecule has 32 heavy (non-hydrogen) atoms. The Hall–Kier alpha value is -3.44. The third-order valence-corrected chi connectivity index (χ3v) is 6.61. The lowest BCUT2D eigenvalue weighted by Crippen LogP contribution is -2.35. The van der Waals surface area contributed by atoms with Crippen LogP contribution in [0.3, 0.4) is 0 Å². The zero-order valence-corrected chi connectivity index (χ0v) is 18.4. The molecule has 4 aromatic rings. The summed E-state index contributed by atoms with van der Waals surface area (Å²) < 4.78 is 35.2. The van der Waals surface area contributed by atoms with Crippen molar-refractivity contribution in [3.8, 4) is 17.0 Å². The van der Waals surface area contributed by atoms with Gasteiger partial charge in [-0.05, 0) is 42.8 Å². The number of hydrogen-bond donors (Lipinski definition) is 1. The molecule has 2 aliphatic heterocycles. The third kappa shape index (κ3) is 4.30. The number of nitrogens with one attached hydrogen (secondary N) is 1. The second-order valence-corrected chi connectivity index (χ2v) is 9.63. The number of aromatic nitrogens is 5. The molecule has 0 radical (unpaired) electrons. The highest BCUT2D eigenvalue weighted by Gasteiger charge is 2.17. The maximum Gasteiger partial charge on any atom is 0.245 e. The molecule has 2 aliphatic rings. The molecule has 1 aromatic carbocycles. The number of sulfonamides is 1. The Labute approximate surface area is 185 Å². The first-order chi connectivity index (χ1) is 15.5. The molecule has 3 aromatic heterocycles. The van der Waals surface area contributed by atoms with Gasteiger partial charge in [-0.25, -0.2) is 17.9 Å². The summed E-state index contributed by atoms with van der Waals surface area (Å²) in [5.41, 5.74) is 3.54. The van der Waals surface area contributed by atoms with Crippen LogP contribution in [-0.4, -0.2) is 63.1 Å². The van der Waals surface area contributed by atoms with E-state index in [0.717, 1.165) is 22.5 Å². The van der Waals surface area contributed by atoms with E-state index in [9.17, 15) is 8.42 Å². The molecule has 0 amide bonds. The molecular formula is C21H23N7O3S. The molecule has 166 valence electrons. The van der Waals surface area contributed by atoms with Gasteiger partial charge in [-0.1, -0.05) is 0 Å². The number of fused-ring (bicyclic) bond motifs is 8. The number of nitrogens with zero attached hydrogens (tertiary/aromatic N) is 6. The monoisotopic (exact) mass is 453 g/mol. The molecule has 0 aliphatic carbocycles. The predicted octanol–water partition coefficient (Wildman–Crippen LogP) is 2.38. The van der Waals surface area contributed by atoms with Gasteiger partial charge in [0.25, 0.3) is 0 Å². The molecule has 6 rings (SSSR count). The van der Waals surface area contributed by atoms with E-state index in [1.165, 1.54) is 10.6 Å². The molecule has 0 saturated heterocycles. The number of aryl methyl sites for hydroxylation is 1. The standard InChI is InChI=1S/C21H23N7O3S/c1-32(29,30)27-10-2-9-26-15-17(13-23-26)24-21-22-14-18-5-8-20(28(18)25-21)16-3-6-19(7-4-16)31-12-11-27/h3-8,13-15H,2,9-12H2,1H3,(H,24,25). The Balaban J connectivity index is 1.50. The van der Waals surface area contributed by atoms with Gasteiger partial charge in [0.15, 0.2) is 0 Å². The minimum Gasteiger partial charge on any atom is -0.492 e. The van der Waals surface area contributed by atoms with Crippen molar-refractivity contribution in [2.24, 2.45) is 0 Å². The highest BCUT2D eigenvalue weighted by molar-refractivity contribution is 7.88. The number of rotatable bonds is 1. The Bertz CT molecular complexity index is 1350. The molecule has 10 nitrogen and oxygen atoms in total. The summed E-state index contributed by atoms with van der Waals surface area (Å²) in [7, 11) is -3.33. The number of benzene rings is 1. The third-order valence-electron chi connectivity index (χ3n) is 5.31. The molecule has 0 spiro atoms. The zero-order valence-electron chi connectivity index (χ0n) is 17.5. The Morgan fingerprint density at radius 1 is 1.03 bits per heavy atom. The van der Waals surface area contributed by atoms with Gasteiger partial charge in [-0.3, -0.25) is 4.68 Å². The Morgan fingerprint density at radius 3 is 2.69 bits per heavy atom. The van der Waals surface area contributed by atoms with Crippen molar-refractivity contribution in [2.75, 3.05) is 31.3 Å². The van der Waals surface area contributed by atoms with Crippen LogP contribution >= 0.6 is 0 Å². The van der Waals surface area contributed by atoms with E-state index in [1.54, 1.807) is 17.1 Å². The van der Waals surface area contributed by atoms with E-state index >= 15 is 0 Å². The Morgan fingerprint density at radius 2 is 1.88 bits per heavy atom. The minimum absolute atomic E-state index is 0.271. The van der Waals surface area contributed by atoms with Gasteiger partial charge in [0.1, 0.15) is 12.4 Å². The molecule has 0 unspecified atom stereocenters. The molecule has 6 bridgehead atoms. The van der Waals surface area contributed by atoms with Gasteiger partial charge >= 0.3 is 0 Å². The van der Waals surface area contributed by atoms with Crippen molar-refractivity contribution < 1.29 is 13.2 Å². The van der Waals surface area contributed by atoms with E-state index in [-0.39, 0.29) is 13.2 Å². The van der Waals surface area contributed by atoms with Crippen molar-refractivity contribution in [1.29, 1.82) is 0 Å². The van der Waals surface area contributed by atoms with Gasteiger partial charge in [0.2, 0.25) is 16.0 Å². The molecule has 0 saturated carbocycles. The first-order valence-electron chi connectivity index (χ1n) is 10.3. The van der Waals surface area contributed by atoms with Crippen LogP contribution < -0.4 is 10.1 Å². The van der Waals surface area contributed by atoms with E-state index in [1.807, 2.05) is 47.1 Å². The second-order valence-electron chi connectivity index (χ2n) is 7.64. The van der Waals surface area contributed by atoms with Crippen LogP contribution in [0.4, 0.5) is 11.6 Å². The van der Waals surface area contributed by atoms with Crippen molar-refractivity contribution in [1.82, 2.24) is 28.7 Å². The normalized spacial score (nSPS) is 15.7. The molecule has 0 fully saturated rings. The predicted molar refractivity (Wildman–Crippen MR) is 120 cm³/mol. The van der Waals surface area contributed by atoms with Crippen LogP contribution in [0.25, 0.3) is 16.8 Å². The van der Waals surface area contributed by atoms with Crippen LogP contribution in [-0.2, 0) is 16.6 Å². The van der Waals surface area contributed by atoms with Crippen molar-refractivity contribution in [2.45, 2.75) is 13.0 Å². The maximum absolute atomic E-state index is 12.2. The summed E-state index contributed by atoms with van der Waals surface area (Å²) in [6, 6.07) is 11.6. The van der Waals surface area contributed by atoms with Crippen molar-refractivity contribution in [3.63, 3.8) is 0 Å². The summed E-state index contributed by atoms with van der Waals surface area (Å²) in [6.45, 7) is 1.52. The fourth-order valence-electron chi connectivity index (χ4n) is 3.70. The quantitative estimate of drug-likeness (QED) is 0.472. The van der Waals surface area contributed by atoms with Gasteiger partial charge in [-0.2, -0.15) is 9.40 Å². The number of ether oxygens (including phenoxy) is 1. The number of anilines is 2. The summed E-state index contributed by atoms with van der Waals surface area (Å²) in [5, 5.41) is 12.2. The van der Waals surface area contributed by atoms with Crippen LogP contribution in [0.2, 0.25) is 0 Å². The lowest BCUT2D eigenvalue weighted by molar-refractivity contribution is 0.269. The van der Waals surface area contributed by atoms with Gasteiger partial charge < -0.3 is 10.1 Å².